The summed E-state index contributed by atoms with van der Waals surface area (Å²) in [6.45, 7) is 4.17. The highest BCUT2D eigenvalue weighted by Gasteiger charge is 2.45. The van der Waals surface area contributed by atoms with E-state index in [4.69, 9.17) is 0 Å². The second-order valence-electron chi connectivity index (χ2n) is 6.15. The Hall–Kier alpha value is -2.22. The van der Waals surface area contributed by atoms with E-state index in [1.807, 2.05) is 30.3 Å². The molecule has 1 aliphatic carbocycles. The van der Waals surface area contributed by atoms with Gasteiger partial charge in [-0.15, -0.1) is 0 Å². The fraction of sp³-hybridized carbons (Fsp3) is 0.250. The molecule has 22 heavy (non-hydrogen) atoms. The van der Waals surface area contributed by atoms with Gasteiger partial charge >= 0.3 is 0 Å². The zero-order chi connectivity index (χ0) is 15.6. The van der Waals surface area contributed by atoms with Crippen LogP contribution in [0.15, 0.2) is 61.2 Å². The van der Waals surface area contributed by atoms with E-state index in [0.717, 1.165) is 23.1 Å². The van der Waals surface area contributed by atoms with Crippen molar-refractivity contribution in [3.8, 4) is 0 Å². The molecule has 1 fully saturated rings. The molecule has 0 aromatic heterocycles. The topological polar surface area (TPSA) is 17.1 Å². The maximum atomic E-state index is 13.0. The summed E-state index contributed by atoms with van der Waals surface area (Å²) in [5, 5.41) is 0. The number of benzene rings is 2. The van der Waals surface area contributed by atoms with Crippen LogP contribution >= 0.6 is 0 Å². The Morgan fingerprint density at radius 1 is 1.09 bits per heavy atom. The van der Waals surface area contributed by atoms with E-state index in [9.17, 15) is 9.18 Å². The third-order valence-electron chi connectivity index (χ3n) is 4.61. The highest BCUT2D eigenvalue weighted by Crippen LogP contribution is 2.46. The molecule has 2 heteroatoms. The SMILES string of the molecule is C=C(C[C@]1(Cc2ccc(F)cc2)CCC1=O)c1ccccc1. The molecule has 0 heterocycles. The minimum atomic E-state index is -0.356. The molecule has 0 saturated heterocycles. The van der Waals surface area contributed by atoms with E-state index in [1.54, 1.807) is 12.1 Å². The van der Waals surface area contributed by atoms with Crippen molar-refractivity contribution in [2.45, 2.75) is 25.7 Å². The molecule has 1 saturated carbocycles. The van der Waals surface area contributed by atoms with Crippen LogP contribution in [0.5, 0.6) is 0 Å². The second-order valence-corrected chi connectivity index (χ2v) is 6.15. The van der Waals surface area contributed by atoms with Gasteiger partial charge < -0.3 is 0 Å². The van der Waals surface area contributed by atoms with Gasteiger partial charge in [-0.3, -0.25) is 4.79 Å². The van der Waals surface area contributed by atoms with Crippen LogP contribution in [0.2, 0.25) is 0 Å². The zero-order valence-electron chi connectivity index (χ0n) is 12.5. The van der Waals surface area contributed by atoms with Gasteiger partial charge in [0.05, 0.1) is 0 Å². The van der Waals surface area contributed by atoms with Crippen molar-refractivity contribution in [3.05, 3.63) is 78.1 Å². The molecule has 1 nitrogen and oxygen atoms in total. The molecule has 0 bridgehead atoms. The molecule has 0 aliphatic heterocycles. The number of carbonyl (C=O) groups is 1. The van der Waals surface area contributed by atoms with Crippen LogP contribution in [0, 0.1) is 11.2 Å². The van der Waals surface area contributed by atoms with Crippen LogP contribution in [0.1, 0.15) is 30.4 Å². The summed E-state index contributed by atoms with van der Waals surface area (Å²) < 4.78 is 13.0. The Kier molecular flexibility index (Phi) is 3.93. The van der Waals surface area contributed by atoms with Crippen LogP contribution in [0.4, 0.5) is 4.39 Å². The van der Waals surface area contributed by atoms with Gasteiger partial charge in [-0.1, -0.05) is 49.0 Å². The number of allylic oxidation sites excluding steroid dienone is 1. The fourth-order valence-corrected chi connectivity index (χ4v) is 3.19. The van der Waals surface area contributed by atoms with Gasteiger partial charge in [-0.25, -0.2) is 4.39 Å². The number of Topliss-reactive ketones (excluding diaryl/α,β-unsaturated/α-hetero) is 1. The van der Waals surface area contributed by atoms with E-state index >= 15 is 0 Å². The quantitative estimate of drug-likeness (QED) is 0.772. The number of carbonyl (C=O) groups excluding carboxylic acids is 1. The Morgan fingerprint density at radius 3 is 2.32 bits per heavy atom. The third kappa shape index (κ3) is 2.87. The van der Waals surface area contributed by atoms with Crippen molar-refractivity contribution in [2.75, 3.05) is 0 Å². The van der Waals surface area contributed by atoms with E-state index in [2.05, 4.69) is 6.58 Å². The van der Waals surface area contributed by atoms with E-state index in [1.165, 1.54) is 12.1 Å². The van der Waals surface area contributed by atoms with Crippen LogP contribution in [-0.2, 0) is 11.2 Å². The summed E-state index contributed by atoms with van der Waals surface area (Å²) >= 11 is 0. The smallest absolute Gasteiger partial charge is 0.139 e. The first-order chi connectivity index (χ1) is 10.6. The van der Waals surface area contributed by atoms with Crippen molar-refractivity contribution in [3.63, 3.8) is 0 Å². The van der Waals surface area contributed by atoms with Crippen LogP contribution in [0.25, 0.3) is 5.57 Å². The third-order valence-corrected chi connectivity index (χ3v) is 4.61. The maximum absolute atomic E-state index is 13.0. The number of rotatable bonds is 5. The van der Waals surface area contributed by atoms with Crippen LogP contribution < -0.4 is 0 Å². The lowest BCUT2D eigenvalue weighted by Gasteiger charge is -2.41. The number of hydrogen-bond acceptors (Lipinski definition) is 1. The summed E-state index contributed by atoms with van der Waals surface area (Å²) in [6.07, 6.45) is 2.86. The Balaban J connectivity index is 1.79. The summed E-state index contributed by atoms with van der Waals surface area (Å²) in [5.74, 6) is 0.0559. The first kappa shape index (κ1) is 14.7. The summed E-state index contributed by atoms with van der Waals surface area (Å²) in [7, 11) is 0. The molecule has 0 unspecified atom stereocenters. The molecule has 0 radical (unpaired) electrons. The van der Waals surface area contributed by atoms with Crippen molar-refractivity contribution >= 4 is 11.4 Å². The van der Waals surface area contributed by atoms with Crippen LogP contribution in [0.3, 0.4) is 0 Å². The van der Waals surface area contributed by atoms with Crippen molar-refractivity contribution in [1.29, 1.82) is 0 Å². The van der Waals surface area contributed by atoms with E-state index < -0.39 is 0 Å². The van der Waals surface area contributed by atoms with Gasteiger partial charge in [0.2, 0.25) is 0 Å². The van der Waals surface area contributed by atoms with Gasteiger partial charge in [-0.2, -0.15) is 0 Å². The predicted octanol–water partition coefficient (Wildman–Crippen LogP) is 4.82. The maximum Gasteiger partial charge on any atom is 0.139 e. The van der Waals surface area contributed by atoms with Gasteiger partial charge in [0.1, 0.15) is 11.6 Å². The summed E-state index contributed by atoms with van der Waals surface area (Å²) in [5.41, 5.74) is 2.73. The Labute approximate surface area is 130 Å². The number of hydrogen-bond donors (Lipinski definition) is 0. The molecule has 2 aromatic carbocycles. The molecule has 0 spiro atoms. The van der Waals surface area contributed by atoms with Crippen molar-refractivity contribution in [2.24, 2.45) is 5.41 Å². The van der Waals surface area contributed by atoms with Gasteiger partial charge in [0, 0.05) is 11.8 Å². The average Bonchev–Trinajstić information content (AvgIpc) is 2.55. The Morgan fingerprint density at radius 2 is 1.77 bits per heavy atom. The van der Waals surface area contributed by atoms with Gasteiger partial charge in [0.25, 0.3) is 0 Å². The number of halogens is 1. The molecular weight excluding hydrogens is 275 g/mol. The lowest BCUT2D eigenvalue weighted by molar-refractivity contribution is -0.137. The van der Waals surface area contributed by atoms with Crippen molar-refractivity contribution < 1.29 is 9.18 Å². The highest BCUT2D eigenvalue weighted by atomic mass is 19.1. The van der Waals surface area contributed by atoms with Crippen molar-refractivity contribution in [1.82, 2.24) is 0 Å². The largest absolute Gasteiger partial charge is 0.299 e. The Bertz CT molecular complexity index is 687. The molecule has 112 valence electrons. The molecule has 2 aromatic rings. The average molecular weight is 294 g/mol. The van der Waals surface area contributed by atoms with E-state index in [0.29, 0.717) is 25.0 Å². The molecule has 0 amide bonds. The fourth-order valence-electron chi connectivity index (χ4n) is 3.19. The molecule has 3 rings (SSSR count). The monoisotopic (exact) mass is 294 g/mol. The number of ketones is 1. The zero-order valence-corrected chi connectivity index (χ0v) is 12.5. The molecule has 0 N–H and O–H groups in total. The van der Waals surface area contributed by atoms with E-state index in [-0.39, 0.29) is 11.2 Å². The first-order valence-corrected chi connectivity index (χ1v) is 7.60. The van der Waals surface area contributed by atoms with Gasteiger partial charge in [-0.05, 0) is 48.1 Å². The normalized spacial score (nSPS) is 20.5. The van der Waals surface area contributed by atoms with Gasteiger partial charge in [0.15, 0.2) is 0 Å². The lowest BCUT2D eigenvalue weighted by Crippen LogP contribution is -2.42. The molecular formula is C20H19FO. The minimum Gasteiger partial charge on any atom is -0.299 e. The predicted molar refractivity (Wildman–Crippen MR) is 86.9 cm³/mol. The molecule has 1 atom stereocenters. The van der Waals surface area contributed by atoms with Crippen LogP contribution in [-0.4, -0.2) is 5.78 Å². The standard InChI is InChI=1S/C20H19FO/c1-15(17-5-3-2-4-6-17)13-20(12-11-19(20)22)14-16-7-9-18(21)10-8-16/h2-10H,1,11-14H2/t20-/m0/s1. The highest BCUT2D eigenvalue weighted by molar-refractivity contribution is 5.92. The lowest BCUT2D eigenvalue weighted by atomic mass is 9.61. The second kappa shape index (κ2) is 5.88. The minimum absolute atomic E-state index is 0.244. The summed E-state index contributed by atoms with van der Waals surface area (Å²) in [4.78, 5) is 12.3. The summed E-state index contributed by atoms with van der Waals surface area (Å²) in [6, 6.07) is 16.4. The molecule has 1 aliphatic rings. The first-order valence-electron chi connectivity index (χ1n) is 7.60.